The Morgan fingerprint density at radius 2 is 0.803 bits per heavy atom. The lowest BCUT2D eigenvalue weighted by Gasteiger charge is -2.50. The minimum absolute atomic E-state index is 0.209. The number of hydrogen-bond acceptors (Lipinski definition) is 46. The zero-order valence-electron chi connectivity index (χ0n) is 63.4. The molecule has 0 bridgehead atoms. The van der Waals surface area contributed by atoms with E-state index in [0.717, 1.165) is 27.7 Å². The van der Waals surface area contributed by atoms with Crippen LogP contribution in [0.1, 0.15) is 34.6 Å². The van der Waals surface area contributed by atoms with Crippen LogP contribution in [0, 0.1) is 0 Å². The van der Waals surface area contributed by atoms with Crippen molar-refractivity contribution in [3.8, 4) is 0 Å². The van der Waals surface area contributed by atoms with Crippen LogP contribution in [0.2, 0.25) is 0 Å². The maximum Gasteiger partial charge on any atom is 0.217 e. The summed E-state index contributed by atoms with van der Waals surface area (Å²) in [6.45, 7) is -3.95. The largest absolute Gasteiger partial charge is 0.394 e. The number of aliphatic hydroxyl groups is 24. The Morgan fingerprint density at radius 1 is 0.393 bits per heavy atom. The van der Waals surface area contributed by atoms with Crippen molar-refractivity contribution in [3.63, 3.8) is 0 Å². The van der Waals surface area contributed by atoms with E-state index in [9.17, 15) is 142 Å². The Morgan fingerprint density at radius 3 is 1.31 bits per heavy atom. The molecule has 0 spiro atoms. The van der Waals surface area contributed by atoms with Gasteiger partial charge in [-0.15, -0.1) is 0 Å². The van der Waals surface area contributed by atoms with Crippen LogP contribution in [0.5, 0.6) is 0 Å². The molecule has 8 aliphatic heterocycles. The van der Waals surface area contributed by atoms with Gasteiger partial charge < -0.3 is 225 Å². The molecule has 0 aromatic carbocycles. The van der Waals surface area contributed by atoms with Crippen LogP contribution in [0.25, 0.3) is 0 Å². The van der Waals surface area contributed by atoms with Crippen molar-refractivity contribution in [1.29, 1.82) is 0 Å². The fraction of sp³-hybridized carbons (Fsp3) is 0.866. The molecular weight excluding hydrogens is 1590 g/mol. The summed E-state index contributed by atoms with van der Waals surface area (Å²) in [6, 6.07) is -2.55. The lowest BCUT2D eigenvalue weighted by atomic mass is 9.94. The number of ether oxygens (including phenoxy) is 16. The average molecular weight is 1700 g/mol. The summed E-state index contributed by atoms with van der Waals surface area (Å²) in [7, 11) is 0. The molecule has 9 rings (SSSR count). The van der Waals surface area contributed by atoms with Crippen molar-refractivity contribution in [1.82, 2.24) is 26.3 Å². The minimum atomic E-state index is -2.57. The summed E-state index contributed by atoms with van der Waals surface area (Å²) in [6.07, 6.45) is -81.2. The van der Waals surface area contributed by atoms with Gasteiger partial charge in [-0.3, -0.25) is 19.2 Å². The van der Waals surface area contributed by atoms with Crippen LogP contribution in [-0.4, -0.2) is 480 Å². The van der Waals surface area contributed by atoms with E-state index in [2.05, 4.69) is 31.6 Å². The highest BCUT2D eigenvalue weighted by Crippen LogP contribution is 2.39. The molecule has 8 saturated heterocycles. The highest BCUT2D eigenvalue weighted by Gasteiger charge is 2.60. The Kier molecular flexibility index (Phi) is 35.3. The fourth-order valence-corrected chi connectivity index (χ4v) is 14.6. The van der Waals surface area contributed by atoms with Crippen molar-refractivity contribution >= 4 is 29.4 Å². The normalized spacial score (nSPS) is 44.4. The number of pyridine rings is 1. The monoisotopic (exact) mass is 1700 g/mol. The summed E-state index contributed by atoms with van der Waals surface area (Å²) in [5.74, 6) is -3.34. The van der Waals surface area contributed by atoms with Crippen molar-refractivity contribution < 1.29 is 218 Å². The molecule has 50 nitrogen and oxygen atoms in total. The predicted octanol–water partition coefficient (Wildman–Crippen LogP) is -17.9. The van der Waals surface area contributed by atoms with E-state index in [0.29, 0.717) is 0 Å². The molecule has 29 N–H and O–H groups in total. The Bertz CT molecular complexity index is 3240. The second kappa shape index (κ2) is 43.0. The van der Waals surface area contributed by atoms with Crippen LogP contribution in [0.4, 0.5) is 5.82 Å². The molecule has 0 aliphatic carbocycles. The zero-order valence-corrected chi connectivity index (χ0v) is 63.4. The molecule has 1 aromatic heterocycles. The van der Waals surface area contributed by atoms with Gasteiger partial charge in [-0.1, -0.05) is 6.07 Å². The maximum atomic E-state index is 13.3. The summed E-state index contributed by atoms with van der Waals surface area (Å²) in [4.78, 5) is 55.8. The molecule has 0 radical (unpaired) electrons. The summed E-state index contributed by atoms with van der Waals surface area (Å²) >= 11 is 0. The van der Waals surface area contributed by atoms with Crippen molar-refractivity contribution in [2.75, 3.05) is 64.7 Å². The van der Waals surface area contributed by atoms with Gasteiger partial charge in [-0.25, -0.2) is 4.98 Å². The minimum Gasteiger partial charge on any atom is -0.394 e. The molecule has 50 heteroatoms. The summed E-state index contributed by atoms with van der Waals surface area (Å²) in [5.41, 5.74) is 0. The van der Waals surface area contributed by atoms with E-state index in [1.165, 1.54) is 19.2 Å². The zero-order chi connectivity index (χ0) is 86.0. The first-order valence-electron chi connectivity index (χ1n) is 37.5. The van der Waals surface area contributed by atoms with Gasteiger partial charge in [0, 0.05) is 40.4 Å². The molecular formula is C67H110N6O44. The number of carbonyl (C=O) groups is 4. The third-order valence-electron chi connectivity index (χ3n) is 20.9. The Hall–Kier alpha value is -4.77. The third-order valence-corrected chi connectivity index (χ3v) is 20.9. The molecule has 44 atom stereocenters. The van der Waals surface area contributed by atoms with Gasteiger partial charge in [-0.05, 0) is 19.1 Å². The number of nitrogens with zero attached hydrogens (tertiary/aromatic N) is 1. The Labute approximate surface area is 665 Å². The standard InChI is InChI=1S/C67H110N6O44/c1-19-37(85)47(95)51(99)63(104-19)102-17-25(84)54(38(86)24(70-20(2)80)10-69-33-8-6-7-9-68-33)112-61-35(72-22(4)82)45(93)56(31(16-79)109-61)114-65-53(101)57(115-67-59(50(98)42(90)29(14-77)108-67)117-60-34(71-21(3)81)44(92)39(87)26(11-74)105-60)43(91)32(111-65)18-103-66-58(49(97)41(89)28(13-76)107-66)116-62-36(73-23(5)83)46(94)55(30(15-78)110-62)113-64-52(100)48(96)40(88)27(12-75)106-64/h6-9,19,24-32,34-67,74-79,84-101H,10-18H2,1-5H3,(H,68,69)(H,70,80)(H,71,81)(H,72,82)(H,73,83)/t19-,24-,25+,26+,27+,28+,29+,30+,31+,32+,34+,35+,36+,37+,38+,39+,40-,41+,42+,43+,44+,45+,46+,47+,48-,49-,50-,51-,52+,53-,54+,55+,56+,57-,58-,59-,60-,61-,62-,63+,64-,65-,66-,67+/m0/s1. The van der Waals surface area contributed by atoms with Gasteiger partial charge in [-0.2, -0.15) is 0 Å². The lowest BCUT2D eigenvalue weighted by Crippen LogP contribution is -2.70. The van der Waals surface area contributed by atoms with Gasteiger partial charge in [0.05, 0.1) is 65.0 Å². The Balaban J connectivity index is 1.06. The number of aromatic nitrogens is 1. The average Bonchev–Trinajstić information content (AvgIpc) is 0.765. The predicted molar refractivity (Wildman–Crippen MR) is 370 cm³/mol. The number of amides is 4. The van der Waals surface area contributed by atoms with E-state index in [1.54, 1.807) is 12.1 Å². The van der Waals surface area contributed by atoms with Gasteiger partial charge in [0.15, 0.2) is 50.3 Å². The number of anilines is 1. The molecule has 672 valence electrons. The lowest BCUT2D eigenvalue weighted by molar-refractivity contribution is -0.396. The molecule has 8 aliphatic rings. The van der Waals surface area contributed by atoms with E-state index < -0.39 is 353 Å². The number of hydrogen-bond donors (Lipinski definition) is 29. The third kappa shape index (κ3) is 22.6. The topological polar surface area (TPSA) is 775 Å². The second-order valence-electron chi connectivity index (χ2n) is 29.4. The molecule has 4 amide bonds. The number of aliphatic hydroxyl groups excluding tert-OH is 24. The van der Waals surface area contributed by atoms with Crippen LogP contribution in [-0.2, 0) is 95.0 Å². The van der Waals surface area contributed by atoms with Crippen LogP contribution >= 0.6 is 0 Å². The first kappa shape index (κ1) is 96.1. The molecule has 117 heavy (non-hydrogen) atoms. The van der Waals surface area contributed by atoms with Crippen molar-refractivity contribution in [2.45, 2.75) is 304 Å². The fourth-order valence-electron chi connectivity index (χ4n) is 14.6. The maximum absolute atomic E-state index is 13.3. The quantitative estimate of drug-likeness (QED) is 0.0305. The number of nitrogens with one attached hydrogen (secondary N) is 5. The number of rotatable bonds is 34. The van der Waals surface area contributed by atoms with E-state index in [-0.39, 0.29) is 5.82 Å². The van der Waals surface area contributed by atoms with E-state index >= 15 is 0 Å². The molecule has 9 heterocycles. The van der Waals surface area contributed by atoms with E-state index in [1.807, 2.05) is 0 Å². The SMILES string of the molecule is CC(=O)N[C@H]1[C@H](O[C@@H]([C@H](O)[C@H](CNc2ccccn2)NC(C)=O)[C@H](O)CO[C@@H]2O[C@@H](C)[C@@H](O)[C@@H](O)[C@@H]2O)O[C@H](CO)[C@@H](O[C@@H]2O[C@H](CO[C@H]3O[C@H](CO)[C@@H](O)[C@H](O)[C@@H]3O[C@@H]3O[C@H](CO)[C@@H](O[C@@H]4O[C@H](CO)[C@H](O)[C@H](O)[C@H]4O)[C@H](O)[C@H]3NC(C)=O)[C@@H](O)[C@H](O[C@H]3O[C@H](CO)[C@@H](O)[C@H](O)[C@@H]3O[C@@H]3O[C@H](CO)[C@@H](O)[C@H](O)[C@H]3NC(C)=O)[C@@H]2O)[C@@H]1O. The molecule has 0 saturated carbocycles. The van der Waals surface area contributed by atoms with Gasteiger partial charge >= 0.3 is 0 Å². The highest BCUT2D eigenvalue weighted by atomic mass is 16.8. The van der Waals surface area contributed by atoms with Crippen molar-refractivity contribution in [2.24, 2.45) is 0 Å². The second-order valence-corrected chi connectivity index (χ2v) is 29.4. The first-order valence-corrected chi connectivity index (χ1v) is 37.5. The molecule has 8 fully saturated rings. The van der Waals surface area contributed by atoms with Crippen LogP contribution < -0.4 is 26.6 Å². The summed E-state index contributed by atoms with van der Waals surface area (Å²) in [5, 5.41) is 282. The molecule has 0 unspecified atom stereocenters. The number of carbonyl (C=O) groups excluding carboxylic acids is 4. The van der Waals surface area contributed by atoms with Gasteiger partial charge in [0.2, 0.25) is 23.6 Å². The van der Waals surface area contributed by atoms with Gasteiger partial charge in [0.1, 0.15) is 213 Å². The van der Waals surface area contributed by atoms with E-state index in [4.69, 9.17) is 75.8 Å². The van der Waals surface area contributed by atoms with Crippen LogP contribution in [0.15, 0.2) is 24.4 Å². The molecule has 1 aromatic rings. The van der Waals surface area contributed by atoms with Crippen LogP contribution in [0.3, 0.4) is 0 Å². The highest BCUT2D eigenvalue weighted by molar-refractivity contribution is 5.74. The summed E-state index contributed by atoms with van der Waals surface area (Å²) < 4.78 is 95.4. The van der Waals surface area contributed by atoms with Crippen molar-refractivity contribution in [3.05, 3.63) is 24.4 Å². The van der Waals surface area contributed by atoms with Gasteiger partial charge in [0.25, 0.3) is 0 Å². The smallest absolute Gasteiger partial charge is 0.217 e. The first-order chi connectivity index (χ1) is 55.4.